The van der Waals surface area contributed by atoms with Crippen molar-refractivity contribution >= 4 is 18.3 Å². The van der Waals surface area contributed by atoms with Gasteiger partial charge >= 0.3 is 0 Å². The van der Waals surface area contributed by atoms with Crippen molar-refractivity contribution < 1.29 is 4.79 Å². The minimum atomic E-state index is -0.0577. The SMILES string of the molecule is CC1C(=O)N(Cc2ccccc2)CCN1Cc1ccccc1.Cl. The lowest BCUT2D eigenvalue weighted by atomic mass is 10.1. The van der Waals surface area contributed by atoms with E-state index in [2.05, 4.69) is 29.2 Å². The summed E-state index contributed by atoms with van der Waals surface area (Å²) in [4.78, 5) is 16.9. The fraction of sp³-hybridized carbons (Fsp3) is 0.316. The molecule has 0 spiro atoms. The van der Waals surface area contributed by atoms with E-state index < -0.39 is 0 Å². The molecule has 1 fully saturated rings. The summed E-state index contributed by atoms with van der Waals surface area (Å²) >= 11 is 0. The molecule has 1 unspecified atom stereocenters. The predicted molar refractivity (Wildman–Crippen MR) is 95.4 cm³/mol. The number of nitrogens with zero attached hydrogens (tertiary/aromatic N) is 2. The molecule has 0 bridgehead atoms. The summed E-state index contributed by atoms with van der Waals surface area (Å²) in [5.74, 6) is 0.228. The fourth-order valence-corrected chi connectivity index (χ4v) is 2.97. The normalized spacial score (nSPS) is 18.6. The van der Waals surface area contributed by atoms with Crippen LogP contribution in [0, 0.1) is 0 Å². The fourth-order valence-electron chi connectivity index (χ4n) is 2.97. The summed E-state index contributed by atoms with van der Waals surface area (Å²) in [6, 6.07) is 20.5. The number of carbonyl (C=O) groups is 1. The molecule has 1 saturated heterocycles. The summed E-state index contributed by atoms with van der Waals surface area (Å²) < 4.78 is 0. The minimum Gasteiger partial charge on any atom is -0.336 e. The molecule has 1 aliphatic rings. The second-order valence-electron chi connectivity index (χ2n) is 5.88. The van der Waals surface area contributed by atoms with E-state index in [-0.39, 0.29) is 24.4 Å². The zero-order valence-corrected chi connectivity index (χ0v) is 14.2. The highest BCUT2D eigenvalue weighted by Gasteiger charge is 2.31. The molecule has 3 nitrogen and oxygen atoms in total. The zero-order chi connectivity index (χ0) is 15.4. The van der Waals surface area contributed by atoms with Crippen LogP contribution in [0.25, 0.3) is 0 Å². The molecule has 1 amide bonds. The lowest BCUT2D eigenvalue weighted by Crippen LogP contribution is -2.54. The molecule has 0 aromatic heterocycles. The Labute approximate surface area is 144 Å². The molecule has 1 aliphatic heterocycles. The molecule has 0 radical (unpaired) electrons. The Kier molecular flexibility index (Phi) is 6.20. The van der Waals surface area contributed by atoms with Crippen LogP contribution in [0.5, 0.6) is 0 Å². The summed E-state index contributed by atoms with van der Waals surface area (Å²) in [5.41, 5.74) is 2.46. The van der Waals surface area contributed by atoms with Gasteiger partial charge in [-0.2, -0.15) is 0 Å². The van der Waals surface area contributed by atoms with Gasteiger partial charge in [-0.05, 0) is 18.1 Å². The van der Waals surface area contributed by atoms with Gasteiger partial charge in [-0.1, -0.05) is 60.7 Å². The van der Waals surface area contributed by atoms with Crippen molar-refractivity contribution in [1.29, 1.82) is 0 Å². The first-order valence-electron chi connectivity index (χ1n) is 7.85. The summed E-state index contributed by atoms with van der Waals surface area (Å²) in [6.07, 6.45) is 0. The van der Waals surface area contributed by atoms with E-state index in [0.29, 0.717) is 6.54 Å². The van der Waals surface area contributed by atoms with Gasteiger partial charge in [0.05, 0.1) is 6.04 Å². The second kappa shape index (κ2) is 8.14. The third kappa shape index (κ3) is 4.34. The second-order valence-corrected chi connectivity index (χ2v) is 5.88. The summed E-state index contributed by atoms with van der Waals surface area (Å²) in [6.45, 7) is 5.29. The number of carbonyl (C=O) groups excluding carboxylic acids is 1. The number of amides is 1. The van der Waals surface area contributed by atoms with Crippen molar-refractivity contribution in [2.75, 3.05) is 13.1 Å². The van der Waals surface area contributed by atoms with Crippen molar-refractivity contribution in [1.82, 2.24) is 9.80 Å². The summed E-state index contributed by atoms with van der Waals surface area (Å²) in [5, 5.41) is 0. The molecule has 0 saturated carbocycles. The smallest absolute Gasteiger partial charge is 0.239 e. The Hall–Kier alpha value is -1.84. The van der Waals surface area contributed by atoms with Gasteiger partial charge in [0.1, 0.15) is 0 Å². The van der Waals surface area contributed by atoms with E-state index in [9.17, 15) is 4.79 Å². The molecule has 23 heavy (non-hydrogen) atoms. The largest absolute Gasteiger partial charge is 0.336 e. The number of rotatable bonds is 4. The van der Waals surface area contributed by atoms with Gasteiger partial charge in [0.25, 0.3) is 0 Å². The average molecular weight is 331 g/mol. The van der Waals surface area contributed by atoms with Crippen LogP contribution < -0.4 is 0 Å². The highest BCUT2D eigenvalue weighted by atomic mass is 35.5. The molecule has 0 N–H and O–H groups in total. The molecular weight excluding hydrogens is 308 g/mol. The quantitative estimate of drug-likeness (QED) is 0.858. The maximum atomic E-state index is 12.6. The van der Waals surface area contributed by atoms with Crippen LogP contribution in [-0.4, -0.2) is 34.8 Å². The first-order chi connectivity index (χ1) is 10.7. The lowest BCUT2D eigenvalue weighted by Gasteiger charge is -2.39. The standard InChI is InChI=1S/C19H22N2O.ClH/c1-16-19(22)21(15-18-10-6-3-7-11-18)13-12-20(16)14-17-8-4-2-5-9-17;/h2-11,16H,12-15H2,1H3;1H. The van der Waals surface area contributed by atoms with E-state index in [0.717, 1.165) is 19.6 Å². The van der Waals surface area contributed by atoms with Crippen molar-refractivity contribution in [2.24, 2.45) is 0 Å². The molecule has 1 atom stereocenters. The molecule has 4 heteroatoms. The van der Waals surface area contributed by atoms with Crippen molar-refractivity contribution in [3.8, 4) is 0 Å². The molecule has 122 valence electrons. The third-order valence-corrected chi connectivity index (χ3v) is 4.32. The van der Waals surface area contributed by atoms with Gasteiger partial charge in [0, 0.05) is 26.2 Å². The van der Waals surface area contributed by atoms with E-state index in [1.165, 1.54) is 11.1 Å². The van der Waals surface area contributed by atoms with Crippen LogP contribution in [0.15, 0.2) is 60.7 Å². The van der Waals surface area contributed by atoms with Crippen molar-refractivity contribution in [3.63, 3.8) is 0 Å². The maximum absolute atomic E-state index is 12.6. The Morgan fingerprint density at radius 2 is 1.39 bits per heavy atom. The van der Waals surface area contributed by atoms with Gasteiger partial charge in [-0.25, -0.2) is 0 Å². The first-order valence-corrected chi connectivity index (χ1v) is 7.85. The zero-order valence-electron chi connectivity index (χ0n) is 13.4. The number of halogens is 1. The van der Waals surface area contributed by atoms with Gasteiger partial charge in [0.2, 0.25) is 5.91 Å². The lowest BCUT2D eigenvalue weighted by molar-refractivity contribution is -0.142. The predicted octanol–water partition coefficient (Wildman–Crippen LogP) is 3.34. The van der Waals surface area contributed by atoms with Crippen molar-refractivity contribution in [3.05, 3.63) is 71.8 Å². The first kappa shape index (κ1) is 17.5. The Balaban J connectivity index is 0.00000192. The van der Waals surface area contributed by atoms with Crippen LogP contribution in [0.3, 0.4) is 0 Å². The average Bonchev–Trinajstić information content (AvgIpc) is 2.56. The van der Waals surface area contributed by atoms with Gasteiger partial charge in [0.15, 0.2) is 0 Å². The number of hydrogen-bond acceptors (Lipinski definition) is 2. The monoisotopic (exact) mass is 330 g/mol. The maximum Gasteiger partial charge on any atom is 0.239 e. The van der Waals surface area contributed by atoms with Crippen LogP contribution in [0.2, 0.25) is 0 Å². The number of piperazine rings is 1. The number of hydrogen-bond donors (Lipinski definition) is 0. The molecular formula is C19H23ClN2O. The van der Waals surface area contributed by atoms with Crippen LogP contribution >= 0.6 is 12.4 Å². The topological polar surface area (TPSA) is 23.6 Å². The molecule has 2 aromatic carbocycles. The highest BCUT2D eigenvalue weighted by Crippen LogP contribution is 2.17. The van der Waals surface area contributed by atoms with Crippen molar-refractivity contribution in [2.45, 2.75) is 26.1 Å². The van der Waals surface area contributed by atoms with E-state index in [1.807, 2.05) is 48.2 Å². The van der Waals surface area contributed by atoms with Gasteiger partial charge < -0.3 is 4.90 Å². The van der Waals surface area contributed by atoms with Crippen LogP contribution in [0.1, 0.15) is 18.1 Å². The molecule has 3 rings (SSSR count). The van der Waals surface area contributed by atoms with E-state index in [1.54, 1.807) is 0 Å². The van der Waals surface area contributed by atoms with Gasteiger partial charge in [-0.15, -0.1) is 12.4 Å². The Bertz CT molecular complexity index is 618. The molecule has 1 heterocycles. The van der Waals surface area contributed by atoms with E-state index >= 15 is 0 Å². The van der Waals surface area contributed by atoms with E-state index in [4.69, 9.17) is 0 Å². The summed E-state index contributed by atoms with van der Waals surface area (Å²) in [7, 11) is 0. The third-order valence-electron chi connectivity index (χ3n) is 4.32. The van der Waals surface area contributed by atoms with Crippen LogP contribution in [0.4, 0.5) is 0 Å². The molecule has 2 aromatic rings. The Morgan fingerprint density at radius 1 is 0.870 bits per heavy atom. The van der Waals surface area contributed by atoms with Crippen LogP contribution in [-0.2, 0) is 17.9 Å². The minimum absolute atomic E-state index is 0. The highest BCUT2D eigenvalue weighted by molar-refractivity contribution is 5.85. The Morgan fingerprint density at radius 3 is 1.96 bits per heavy atom. The van der Waals surface area contributed by atoms with Gasteiger partial charge in [-0.3, -0.25) is 9.69 Å². The molecule has 0 aliphatic carbocycles. The number of benzene rings is 2.